The fraction of sp³-hybridized carbons (Fsp3) is 0.407. The summed E-state index contributed by atoms with van der Waals surface area (Å²) < 4.78 is 5.24. The summed E-state index contributed by atoms with van der Waals surface area (Å²) in [5, 5.41) is 18.5. The number of carbonyl (C=O) groups excluding carboxylic acids is 3. The summed E-state index contributed by atoms with van der Waals surface area (Å²) in [6.45, 7) is 3.39. The van der Waals surface area contributed by atoms with E-state index in [2.05, 4.69) is 22.0 Å². The molecule has 2 aromatic carbocycles. The number of amides is 4. The number of carbonyl (C=O) groups is 3. The van der Waals surface area contributed by atoms with Crippen molar-refractivity contribution in [2.75, 3.05) is 19.7 Å². The summed E-state index contributed by atoms with van der Waals surface area (Å²) in [4.78, 5) is 39.4. The monoisotopic (exact) mass is 491 g/mol. The van der Waals surface area contributed by atoms with E-state index in [0.29, 0.717) is 25.9 Å². The first-order valence-corrected chi connectivity index (χ1v) is 12.1. The molecule has 2 aromatic rings. The van der Waals surface area contributed by atoms with E-state index in [9.17, 15) is 19.6 Å². The van der Waals surface area contributed by atoms with Gasteiger partial charge >= 0.3 is 12.1 Å². The lowest BCUT2D eigenvalue weighted by atomic mass is 9.95. The highest BCUT2D eigenvalue weighted by Crippen LogP contribution is 2.25. The van der Waals surface area contributed by atoms with Crippen LogP contribution in [0, 0.1) is 17.2 Å². The number of ether oxygens (including phenoxy) is 1. The van der Waals surface area contributed by atoms with Crippen molar-refractivity contribution < 1.29 is 19.1 Å². The molecule has 1 aliphatic heterocycles. The molecule has 0 aliphatic carbocycles. The molecule has 1 fully saturated rings. The smallest absolute Gasteiger partial charge is 0.407 e. The number of nitrogens with zero attached hydrogens (tertiary/aromatic N) is 2. The number of hydrogen-bond acceptors (Lipinski definition) is 6. The maximum absolute atomic E-state index is 13.3. The molecule has 0 aromatic heterocycles. The fourth-order valence-corrected chi connectivity index (χ4v) is 4.08. The third-order valence-corrected chi connectivity index (χ3v) is 6.15. The first kappa shape index (κ1) is 26.7. The Hall–Kier alpha value is -3.90. The number of imide groups is 1. The summed E-state index contributed by atoms with van der Waals surface area (Å²) in [7, 11) is 0. The fourth-order valence-electron chi connectivity index (χ4n) is 4.08. The Morgan fingerprint density at radius 1 is 1.06 bits per heavy atom. The molecule has 9 nitrogen and oxygen atoms in total. The lowest BCUT2D eigenvalue weighted by molar-refractivity contribution is -0.132. The Balaban J connectivity index is 1.52. The molecule has 0 saturated carbocycles. The second-order valence-corrected chi connectivity index (χ2v) is 9.02. The lowest BCUT2D eigenvalue weighted by Gasteiger charge is -2.34. The van der Waals surface area contributed by atoms with Gasteiger partial charge in [0.25, 0.3) is 0 Å². The SMILES string of the molecule is CC(CCOC(=O)NCc1ccccc1)CC(=O)N(C(=O)NCc1ccccc1)C1(C#N)CCNC1. The maximum atomic E-state index is 13.3. The molecule has 1 saturated heterocycles. The topological polar surface area (TPSA) is 124 Å². The van der Waals surface area contributed by atoms with Gasteiger partial charge in [-0.05, 0) is 36.4 Å². The zero-order valence-electron chi connectivity index (χ0n) is 20.5. The van der Waals surface area contributed by atoms with Crippen LogP contribution in [-0.4, -0.2) is 48.2 Å². The van der Waals surface area contributed by atoms with Crippen molar-refractivity contribution in [3.05, 3.63) is 71.8 Å². The van der Waals surface area contributed by atoms with E-state index in [1.54, 1.807) is 0 Å². The van der Waals surface area contributed by atoms with Crippen LogP contribution >= 0.6 is 0 Å². The van der Waals surface area contributed by atoms with Crippen LogP contribution in [0.3, 0.4) is 0 Å². The van der Waals surface area contributed by atoms with Crippen molar-refractivity contribution in [1.82, 2.24) is 20.9 Å². The lowest BCUT2D eigenvalue weighted by Crippen LogP contribution is -2.58. The number of rotatable bonds is 10. The van der Waals surface area contributed by atoms with Crippen LogP contribution in [0.4, 0.5) is 9.59 Å². The molecular weight excluding hydrogens is 458 g/mol. The molecular formula is C27H33N5O4. The van der Waals surface area contributed by atoms with Gasteiger partial charge in [-0.3, -0.25) is 4.79 Å². The van der Waals surface area contributed by atoms with Crippen molar-refractivity contribution in [3.8, 4) is 6.07 Å². The minimum Gasteiger partial charge on any atom is -0.450 e. The number of hydrogen-bond donors (Lipinski definition) is 3. The van der Waals surface area contributed by atoms with E-state index in [-0.39, 0.29) is 32.0 Å². The first-order valence-electron chi connectivity index (χ1n) is 12.1. The quantitative estimate of drug-likeness (QED) is 0.468. The predicted molar refractivity (Wildman–Crippen MR) is 134 cm³/mol. The van der Waals surface area contributed by atoms with Crippen LogP contribution in [0.25, 0.3) is 0 Å². The van der Waals surface area contributed by atoms with Crippen molar-refractivity contribution in [2.45, 2.75) is 44.8 Å². The Morgan fingerprint density at radius 3 is 2.22 bits per heavy atom. The number of urea groups is 1. The van der Waals surface area contributed by atoms with E-state index in [1.165, 1.54) is 0 Å². The molecule has 2 unspecified atom stereocenters. The van der Waals surface area contributed by atoms with E-state index < -0.39 is 23.6 Å². The number of benzene rings is 2. The van der Waals surface area contributed by atoms with Gasteiger partial charge < -0.3 is 20.7 Å². The molecule has 190 valence electrons. The standard InChI is InChI=1S/C27H33N5O4/c1-21(12-15-36-26(35)31-18-23-10-6-3-7-11-23)16-24(33)32(27(19-28)13-14-29-20-27)25(34)30-17-22-8-4-2-5-9-22/h2-11,21,29H,12-18,20H2,1H3,(H,30,34)(H,31,35). The minimum absolute atomic E-state index is 0.0528. The van der Waals surface area contributed by atoms with Crippen LogP contribution in [0.5, 0.6) is 0 Å². The molecule has 0 bridgehead atoms. The van der Waals surface area contributed by atoms with Crippen molar-refractivity contribution >= 4 is 18.0 Å². The highest BCUT2D eigenvalue weighted by atomic mass is 16.5. The molecule has 3 N–H and O–H groups in total. The Labute approximate surface area is 211 Å². The van der Waals surface area contributed by atoms with Gasteiger partial charge in [0.15, 0.2) is 5.54 Å². The van der Waals surface area contributed by atoms with Gasteiger partial charge in [0.2, 0.25) is 5.91 Å². The van der Waals surface area contributed by atoms with Gasteiger partial charge in [-0.15, -0.1) is 0 Å². The van der Waals surface area contributed by atoms with E-state index in [1.807, 2.05) is 67.6 Å². The molecule has 0 spiro atoms. The second-order valence-electron chi connectivity index (χ2n) is 9.02. The van der Waals surface area contributed by atoms with Crippen molar-refractivity contribution in [1.29, 1.82) is 5.26 Å². The second kappa shape index (κ2) is 13.3. The van der Waals surface area contributed by atoms with Gasteiger partial charge in [-0.1, -0.05) is 67.6 Å². The summed E-state index contributed by atoms with van der Waals surface area (Å²) in [5.41, 5.74) is 0.627. The van der Waals surface area contributed by atoms with Gasteiger partial charge in [0, 0.05) is 26.1 Å². The molecule has 3 rings (SSSR count). The third-order valence-electron chi connectivity index (χ3n) is 6.15. The van der Waals surface area contributed by atoms with Gasteiger partial charge in [-0.25, -0.2) is 14.5 Å². The van der Waals surface area contributed by atoms with Crippen LogP contribution in [-0.2, 0) is 22.6 Å². The van der Waals surface area contributed by atoms with Gasteiger partial charge in [-0.2, -0.15) is 5.26 Å². The normalized spacial score (nSPS) is 17.4. The summed E-state index contributed by atoms with van der Waals surface area (Å²) in [6.07, 6.45) is 0.339. The summed E-state index contributed by atoms with van der Waals surface area (Å²) in [5.74, 6) is -0.583. The third kappa shape index (κ3) is 7.55. The first-order chi connectivity index (χ1) is 17.4. The molecule has 1 aliphatic rings. The van der Waals surface area contributed by atoms with Crippen LogP contribution in [0.2, 0.25) is 0 Å². The maximum Gasteiger partial charge on any atom is 0.407 e. The molecule has 9 heteroatoms. The molecule has 1 heterocycles. The molecule has 4 amide bonds. The Bertz CT molecular complexity index is 1050. The largest absolute Gasteiger partial charge is 0.450 e. The minimum atomic E-state index is -1.23. The van der Waals surface area contributed by atoms with E-state index >= 15 is 0 Å². The number of nitrogens with one attached hydrogen (secondary N) is 3. The molecule has 0 radical (unpaired) electrons. The van der Waals surface area contributed by atoms with Crippen LogP contribution in [0.15, 0.2) is 60.7 Å². The zero-order chi connectivity index (χ0) is 25.8. The van der Waals surface area contributed by atoms with Crippen LogP contribution in [0.1, 0.15) is 37.3 Å². The summed E-state index contributed by atoms with van der Waals surface area (Å²) in [6, 6.07) is 20.5. The average Bonchev–Trinajstić information content (AvgIpc) is 3.37. The van der Waals surface area contributed by atoms with Gasteiger partial charge in [0.1, 0.15) is 0 Å². The van der Waals surface area contributed by atoms with Crippen LogP contribution < -0.4 is 16.0 Å². The van der Waals surface area contributed by atoms with Crippen molar-refractivity contribution in [2.24, 2.45) is 5.92 Å². The number of nitriles is 1. The number of alkyl carbamates (subject to hydrolysis) is 1. The Morgan fingerprint density at radius 2 is 1.67 bits per heavy atom. The highest BCUT2D eigenvalue weighted by molar-refractivity contribution is 5.96. The van der Waals surface area contributed by atoms with E-state index in [4.69, 9.17) is 4.74 Å². The zero-order valence-corrected chi connectivity index (χ0v) is 20.5. The van der Waals surface area contributed by atoms with Crippen molar-refractivity contribution in [3.63, 3.8) is 0 Å². The highest BCUT2D eigenvalue weighted by Gasteiger charge is 2.46. The molecule has 2 atom stereocenters. The average molecular weight is 492 g/mol. The Kier molecular flexibility index (Phi) is 9.83. The molecule has 36 heavy (non-hydrogen) atoms. The van der Waals surface area contributed by atoms with E-state index in [0.717, 1.165) is 16.0 Å². The summed E-state index contributed by atoms with van der Waals surface area (Å²) >= 11 is 0. The predicted octanol–water partition coefficient (Wildman–Crippen LogP) is 3.32. The van der Waals surface area contributed by atoms with Gasteiger partial charge in [0.05, 0.1) is 12.7 Å².